The van der Waals surface area contributed by atoms with E-state index in [4.69, 9.17) is 8.54 Å². The first kappa shape index (κ1) is 25.5. The van der Waals surface area contributed by atoms with Crippen LogP contribution in [0.25, 0.3) is 0 Å². The van der Waals surface area contributed by atoms with Crippen molar-refractivity contribution in [2.75, 3.05) is 7.11 Å². The second-order valence-electron chi connectivity index (χ2n) is 1.99. The van der Waals surface area contributed by atoms with Crippen LogP contribution in [0.1, 0.15) is 19.8 Å². The minimum absolute atomic E-state index is 0. The summed E-state index contributed by atoms with van der Waals surface area (Å²) < 4.78 is 10.6. The van der Waals surface area contributed by atoms with E-state index in [-0.39, 0.29) is 98.1 Å². The van der Waals surface area contributed by atoms with E-state index >= 15 is 0 Å². The SMILES string of the molecule is CCCC[Si](OC)O[Si]C.[Y].[Y].[Y]. The first-order chi connectivity index (χ1) is 4.85. The van der Waals surface area contributed by atoms with Gasteiger partial charge in [0, 0.05) is 105 Å². The zero-order chi connectivity index (χ0) is 7.82. The maximum Gasteiger partial charge on any atom is 0.373 e. The second-order valence-corrected chi connectivity index (χ2v) is 4.86. The van der Waals surface area contributed by atoms with Gasteiger partial charge in [0.05, 0.1) is 0 Å². The van der Waals surface area contributed by atoms with Gasteiger partial charge in [0.1, 0.15) is 0 Å². The fourth-order valence-electron chi connectivity index (χ4n) is 0.630. The van der Waals surface area contributed by atoms with Crippen molar-refractivity contribution in [1.82, 2.24) is 0 Å². The van der Waals surface area contributed by atoms with Crippen molar-refractivity contribution in [3.8, 4) is 0 Å². The zero-order valence-electron chi connectivity index (χ0n) is 8.67. The number of unbranched alkanes of at least 4 members (excludes halogenated alkanes) is 1. The van der Waals surface area contributed by atoms with Gasteiger partial charge in [-0.15, -0.1) is 0 Å². The summed E-state index contributed by atoms with van der Waals surface area (Å²) in [4.78, 5) is 0. The molecule has 0 aliphatic carbocycles. The second kappa shape index (κ2) is 21.0. The monoisotopic (exact) mass is 442 g/mol. The molecule has 0 saturated heterocycles. The Labute approximate surface area is 162 Å². The Kier molecular flexibility index (Phi) is 41.2. The Hall–Kier alpha value is 3.67. The van der Waals surface area contributed by atoms with Gasteiger partial charge in [-0.3, -0.25) is 0 Å². The van der Waals surface area contributed by atoms with Gasteiger partial charge >= 0.3 is 9.28 Å². The molecule has 0 heterocycles. The Balaban J connectivity index is -0.000000135. The smallest absolute Gasteiger partial charge is 0.373 e. The Bertz CT molecular complexity index is 80.9. The van der Waals surface area contributed by atoms with Crippen LogP contribution in [-0.2, 0) is 107 Å². The molecule has 0 atom stereocenters. The quantitative estimate of drug-likeness (QED) is 0.583. The van der Waals surface area contributed by atoms with E-state index in [2.05, 4.69) is 6.92 Å². The minimum Gasteiger partial charge on any atom is -0.435 e. The summed E-state index contributed by atoms with van der Waals surface area (Å²) in [6, 6.07) is 1.12. The van der Waals surface area contributed by atoms with E-state index in [0.717, 1.165) is 6.04 Å². The molecule has 0 bridgehead atoms. The summed E-state index contributed by atoms with van der Waals surface area (Å²) in [5.74, 6) is 0. The molecule has 68 valence electrons. The molecular formula is C6H15O2Si2Y3. The van der Waals surface area contributed by atoms with E-state index in [1.807, 2.05) is 6.55 Å². The summed E-state index contributed by atoms with van der Waals surface area (Å²) in [5.41, 5.74) is 0. The summed E-state index contributed by atoms with van der Waals surface area (Å²) in [5, 5.41) is 0. The van der Waals surface area contributed by atoms with E-state index < -0.39 is 9.28 Å². The van der Waals surface area contributed by atoms with Gasteiger partial charge in [-0.2, -0.15) is 0 Å². The third kappa shape index (κ3) is 18.2. The Morgan fingerprint density at radius 1 is 1.23 bits per heavy atom. The first-order valence-corrected chi connectivity index (χ1v) is 6.51. The average molecular weight is 442 g/mol. The minimum atomic E-state index is -0.885. The van der Waals surface area contributed by atoms with Crippen molar-refractivity contribution in [3.63, 3.8) is 0 Å². The predicted molar refractivity (Wildman–Crippen MR) is 45.2 cm³/mol. The van der Waals surface area contributed by atoms with Crippen LogP contribution in [0.4, 0.5) is 0 Å². The standard InChI is InChI=1S/C6H15O2Si2.3Y/c1-4-5-6-10(7-2)8-9-3;;;/h4-6H2,1-3H3;;;. The normalized spacial score (nSPS) is 8.31. The van der Waals surface area contributed by atoms with Crippen molar-refractivity contribution in [1.29, 1.82) is 0 Å². The predicted octanol–water partition coefficient (Wildman–Crippen LogP) is 1.60. The molecule has 0 aliphatic rings. The number of rotatable bonds is 6. The molecule has 2 nitrogen and oxygen atoms in total. The largest absolute Gasteiger partial charge is 0.435 e. The van der Waals surface area contributed by atoms with Crippen molar-refractivity contribution in [2.45, 2.75) is 32.4 Å². The molecular weight excluding hydrogens is 427 g/mol. The molecule has 0 aromatic rings. The fraction of sp³-hybridized carbons (Fsp3) is 1.00. The molecule has 0 amide bonds. The summed E-state index contributed by atoms with van der Waals surface area (Å²) in [6.07, 6.45) is 2.46. The third-order valence-electron chi connectivity index (χ3n) is 1.18. The molecule has 0 saturated carbocycles. The van der Waals surface area contributed by atoms with Crippen molar-refractivity contribution in [3.05, 3.63) is 0 Å². The first-order valence-electron chi connectivity index (χ1n) is 3.58. The topological polar surface area (TPSA) is 18.5 Å². The van der Waals surface area contributed by atoms with E-state index in [1.165, 1.54) is 12.8 Å². The van der Waals surface area contributed by atoms with Gasteiger partial charge in [0.2, 0.25) is 9.76 Å². The maximum atomic E-state index is 5.40. The van der Waals surface area contributed by atoms with Crippen LogP contribution < -0.4 is 0 Å². The van der Waals surface area contributed by atoms with Gasteiger partial charge in [0.15, 0.2) is 0 Å². The summed E-state index contributed by atoms with van der Waals surface area (Å²) >= 11 is 0. The van der Waals surface area contributed by atoms with Gasteiger partial charge in [-0.05, 0) is 12.6 Å². The van der Waals surface area contributed by atoms with Crippen LogP contribution in [0.5, 0.6) is 0 Å². The van der Waals surface area contributed by atoms with Crippen LogP contribution in [0.2, 0.25) is 12.6 Å². The number of hydrogen-bond donors (Lipinski definition) is 0. The summed E-state index contributed by atoms with van der Waals surface area (Å²) in [7, 11) is 1.43. The third-order valence-corrected chi connectivity index (χ3v) is 4.12. The summed E-state index contributed by atoms with van der Waals surface area (Å²) in [6.45, 7) is 4.22. The fourth-order valence-corrected chi connectivity index (χ4v) is 3.13. The van der Waals surface area contributed by atoms with E-state index in [1.54, 1.807) is 7.11 Å². The van der Waals surface area contributed by atoms with E-state index in [9.17, 15) is 0 Å². The van der Waals surface area contributed by atoms with Crippen LogP contribution in [0.3, 0.4) is 0 Å². The molecule has 0 spiro atoms. The zero-order valence-corrected chi connectivity index (χ0v) is 19.2. The Morgan fingerprint density at radius 3 is 2.08 bits per heavy atom. The molecule has 7 heteroatoms. The molecule has 0 aliphatic heterocycles. The molecule has 0 N–H and O–H groups in total. The van der Waals surface area contributed by atoms with Crippen LogP contribution in [0.15, 0.2) is 0 Å². The van der Waals surface area contributed by atoms with Crippen LogP contribution in [-0.4, -0.2) is 26.2 Å². The molecule has 0 aromatic carbocycles. The van der Waals surface area contributed by atoms with Gasteiger partial charge in [-0.1, -0.05) is 19.8 Å². The van der Waals surface area contributed by atoms with Crippen molar-refractivity contribution < 1.29 is 107 Å². The Morgan fingerprint density at radius 2 is 1.77 bits per heavy atom. The molecule has 6 radical (unpaired) electrons. The van der Waals surface area contributed by atoms with Gasteiger partial charge < -0.3 is 8.54 Å². The molecule has 13 heavy (non-hydrogen) atoms. The molecule has 0 aromatic heterocycles. The average Bonchev–Trinajstić information content (AvgIpc) is 1.98. The van der Waals surface area contributed by atoms with Gasteiger partial charge in [0.25, 0.3) is 0 Å². The van der Waals surface area contributed by atoms with Crippen LogP contribution in [0, 0.1) is 0 Å². The number of hydrogen-bond acceptors (Lipinski definition) is 2. The molecule has 0 rings (SSSR count). The van der Waals surface area contributed by atoms with Crippen molar-refractivity contribution >= 4 is 19.0 Å². The van der Waals surface area contributed by atoms with Gasteiger partial charge in [-0.25, -0.2) is 0 Å². The van der Waals surface area contributed by atoms with Crippen LogP contribution >= 0.6 is 0 Å². The maximum absolute atomic E-state index is 5.40. The molecule has 0 unspecified atom stereocenters. The molecule has 0 fully saturated rings. The van der Waals surface area contributed by atoms with Crippen molar-refractivity contribution in [2.24, 2.45) is 0 Å². The van der Waals surface area contributed by atoms with E-state index in [0.29, 0.717) is 9.76 Å².